The summed E-state index contributed by atoms with van der Waals surface area (Å²) in [6.07, 6.45) is 0. The molecule has 0 spiro atoms. The van der Waals surface area contributed by atoms with Crippen LogP contribution in [0.15, 0.2) is 218 Å². The second kappa shape index (κ2) is 12.9. The van der Waals surface area contributed by atoms with Crippen molar-refractivity contribution in [3.63, 3.8) is 0 Å². The minimum absolute atomic E-state index is 0.604. The van der Waals surface area contributed by atoms with Gasteiger partial charge in [0.1, 0.15) is 0 Å². The molecule has 12 rings (SSSR count). The van der Waals surface area contributed by atoms with Gasteiger partial charge in [-0.3, -0.25) is 0 Å². The fraction of sp³-hybridized carbons (Fsp3) is 0.0182. The van der Waals surface area contributed by atoms with E-state index in [-0.39, 0.29) is 0 Å². The summed E-state index contributed by atoms with van der Waals surface area (Å²) in [5.41, 5.74) is 16.5. The van der Waals surface area contributed by atoms with E-state index in [4.69, 9.17) is 0 Å². The van der Waals surface area contributed by atoms with Gasteiger partial charge in [-0.1, -0.05) is 158 Å². The summed E-state index contributed by atoms with van der Waals surface area (Å²) in [6, 6.07) is 80.6. The number of fused-ring (bicyclic) bond motifs is 8. The first-order valence-corrected chi connectivity index (χ1v) is 20.8. The number of hydrogen-bond acceptors (Lipinski definition) is 3. The molecule has 58 heavy (non-hydrogen) atoms. The molecule has 0 saturated heterocycles. The maximum Gasteiger partial charge on any atom is 0.0755 e. The number of para-hydroxylation sites is 3. The van der Waals surface area contributed by atoms with E-state index < -0.39 is 5.41 Å². The van der Waals surface area contributed by atoms with Crippen molar-refractivity contribution in [3.8, 4) is 22.3 Å². The monoisotopic (exact) mass is 756 g/mol. The first-order valence-electron chi connectivity index (χ1n) is 19.9. The van der Waals surface area contributed by atoms with Crippen molar-refractivity contribution in [1.29, 1.82) is 0 Å². The zero-order valence-corrected chi connectivity index (χ0v) is 32.4. The Morgan fingerprint density at radius 3 is 1.90 bits per heavy atom. The Morgan fingerprint density at radius 1 is 0.448 bits per heavy atom. The number of benzene rings is 9. The molecule has 0 radical (unpaired) electrons. The number of anilines is 6. The molecular weight excluding hydrogens is 721 g/mol. The normalized spacial score (nSPS) is 14.9. The van der Waals surface area contributed by atoms with Crippen LogP contribution in [0.25, 0.3) is 42.4 Å². The summed E-state index contributed by atoms with van der Waals surface area (Å²) >= 11 is 1.86. The Labute approximate surface area is 342 Å². The predicted octanol–water partition coefficient (Wildman–Crippen LogP) is 15.3. The van der Waals surface area contributed by atoms with E-state index in [1.54, 1.807) is 0 Å². The number of rotatable bonds is 6. The molecule has 0 amide bonds. The maximum atomic E-state index is 2.52. The SMILES string of the molecule is c1ccc(-c2ccc3c4c2N(c2ccccc2)c2ccccc2C4(c2ccccc2)c2cc(N(c4ccccc4)c4cccc5sc6ccccc6c45)ccc2-3)cc1. The van der Waals surface area contributed by atoms with Crippen LogP contribution in [0.3, 0.4) is 0 Å². The topological polar surface area (TPSA) is 6.48 Å². The molecule has 272 valence electrons. The van der Waals surface area contributed by atoms with Gasteiger partial charge in [0.2, 0.25) is 0 Å². The molecule has 1 atom stereocenters. The molecule has 2 aliphatic rings. The number of thiophene rings is 1. The molecule has 0 N–H and O–H groups in total. The van der Waals surface area contributed by atoms with Crippen LogP contribution in [-0.2, 0) is 5.41 Å². The largest absolute Gasteiger partial charge is 0.310 e. The van der Waals surface area contributed by atoms with Crippen LogP contribution in [0.2, 0.25) is 0 Å². The molecule has 1 aliphatic carbocycles. The lowest BCUT2D eigenvalue weighted by Crippen LogP contribution is -2.36. The van der Waals surface area contributed by atoms with Crippen LogP contribution in [0.5, 0.6) is 0 Å². The van der Waals surface area contributed by atoms with Gasteiger partial charge in [0.05, 0.1) is 22.5 Å². The lowest BCUT2D eigenvalue weighted by atomic mass is 9.64. The fourth-order valence-electron chi connectivity index (χ4n) is 9.95. The van der Waals surface area contributed by atoms with Crippen LogP contribution in [-0.4, -0.2) is 0 Å². The van der Waals surface area contributed by atoms with Gasteiger partial charge >= 0.3 is 0 Å². The van der Waals surface area contributed by atoms with Gasteiger partial charge in [-0.25, -0.2) is 0 Å². The zero-order valence-electron chi connectivity index (χ0n) is 31.6. The van der Waals surface area contributed by atoms with Crippen molar-refractivity contribution >= 4 is 65.6 Å². The minimum atomic E-state index is -0.604. The van der Waals surface area contributed by atoms with Crippen molar-refractivity contribution in [3.05, 3.63) is 241 Å². The Hall–Kier alpha value is -7.20. The van der Waals surface area contributed by atoms with Gasteiger partial charge < -0.3 is 9.80 Å². The molecule has 1 unspecified atom stereocenters. The summed E-state index contributed by atoms with van der Waals surface area (Å²) in [5, 5.41) is 2.57. The smallest absolute Gasteiger partial charge is 0.0755 e. The Balaban J connectivity index is 1.20. The molecular formula is C55H36N2S. The summed E-state index contributed by atoms with van der Waals surface area (Å²) in [5.74, 6) is 0. The highest BCUT2D eigenvalue weighted by Gasteiger charge is 2.53. The molecule has 2 heterocycles. The van der Waals surface area contributed by atoms with Crippen LogP contribution in [0.1, 0.15) is 22.3 Å². The fourth-order valence-corrected chi connectivity index (χ4v) is 11.1. The molecule has 0 saturated carbocycles. The maximum absolute atomic E-state index is 2.52. The zero-order chi connectivity index (χ0) is 38.2. The number of nitrogens with zero attached hydrogens (tertiary/aromatic N) is 2. The Kier molecular flexibility index (Phi) is 7.35. The van der Waals surface area contributed by atoms with Gasteiger partial charge in [-0.05, 0) is 94.0 Å². The minimum Gasteiger partial charge on any atom is -0.310 e. The standard InChI is InChI=1S/C55H36N2S/c1-5-18-37(19-6-1)42-34-35-44-43-33-32-41(56(39-22-9-3-10-23-39)49-29-17-31-51-52(49)45-26-13-16-30-50(45)58-51)36-47(43)55(38-20-7-2-8-21-38)46-27-14-15-28-48(46)57(54(42)53(44)55)40-24-11-4-12-25-40/h1-36H. The van der Waals surface area contributed by atoms with E-state index in [1.165, 1.54) is 81.7 Å². The third-order valence-corrected chi connectivity index (χ3v) is 13.4. The lowest BCUT2D eigenvalue weighted by Gasteiger charge is -2.45. The van der Waals surface area contributed by atoms with Crippen molar-refractivity contribution in [2.75, 3.05) is 9.80 Å². The molecule has 0 bridgehead atoms. The van der Waals surface area contributed by atoms with Crippen molar-refractivity contribution < 1.29 is 0 Å². The van der Waals surface area contributed by atoms with Crippen molar-refractivity contribution in [2.45, 2.75) is 5.41 Å². The van der Waals surface area contributed by atoms with E-state index in [0.29, 0.717) is 0 Å². The highest BCUT2D eigenvalue weighted by Crippen LogP contribution is 2.67. The van der Waals surface area contributed by atoms with Crippen molar-refractivity contribution in [1.82, 2.24) is 0 Å². The molecule has 0 fully saturated rings. The van der Waals surface area contributed by atoms with Gasteiger partial charge in [-0.15, -0.1) is 11.3 Å². The average molecular weight is 757 g/mol. The first-order chi connectivity index (χ1) is 28.8. The van der Waals surface area contributed by atoms with E-state index in [2.05, 4.69) is 228 Å². The van der Waals surface area contributed by atoms with E-state index in [0.717, 1.165) is 17.1 Å². The van der Waals surface area contributed by atoms with Gasteiger partial charge in [0.15, 0.2) is 0 Å². The van der Waals surface area contributed by atoms with Gasteiger partial charge in [0.25, 0.3) is 0 Å². The highest BCUT2D eigenvalue weighted by atomic mass is 32.1. The Morgan fingerprint density at radius 2 is 1.09 bits per heavy atom. The molecule has 10 aromatic rings. The predicted molar refractivity (Wildman–Crippen MR) is 245 cm³/mol. The van der Waals surface area contributed by atoms with Crippen LogP contribution < -0.4 is 9.80 Å². The second-order valence-electron chi connectivity index (χ2n) is 15.2. The van der Waals surface area contributed by atoms with Gasteiger partial charge in [0, 0.05) is 48.4 Å². The van der Waals surface area contributed by atoms with Crippen molar-refractivity contribution in [2.24, 2.45) is 0 Å². The van der Waals surface area contributed by atoms with E-state index in [9.17, 15) is 0 Å². The summed E-state index contributed by atoms with van der Waals surface area (Å²) in [7, 11) is 0. The summed E-state index contributed by atoms with van der Waals surface area (Å²) < 4.78 is 2.59. The quantitative estimate of drug-likeness (QED) is 0.167. The molecule has 1 aromatic heterocycles. The lowest BCUT2D eigenvalue weighted by molar-refractivity contribution is 0.754. The summed E-state index contributed by atoms with van der Waals surface area (Å²) in [6.45, 7) is 0. The summed E-state index contributed by atoms with van der Waals surface area (Å²) in [4.78, 5) is 4.99. The first kappa shape index (κ1) is 33.0. The molecule has 1 aliphatic heterocycles. The van der Waals surface area contributed by atoms with E-state index >= 15 is 0 Å². The van der Waals surface area contributed by atoms with Crippen LogP contribution in [0, 0.1) is 0 Å². The van der Waals surface area contributed by atoms with E-state index in [1.807, 2.05) is 11.3 Å². The molecule has 3 heteroatoms. The third-order valence-electron chi connectivity index (χ3n) is 12.2. The highest BCUT2D eigenvalue weighted by molar-refractivity contribution is 7.26. The average Bonchev–Trinajstić information content (AvgIpc) is 3.83. The second-order valence-corrected chi connectivity index (χ2v) is 16.3. The third kappa shape index (κ3) is 4.65. The Bertz CT molecular complexity index is 3170. The number of hydrogen-bond donors (Lipinski definition) is 0. The van der Waals surface area contributed by atoms with Crippen LogP contribution >= 0.6 is 11.3 Å². The van der Waals surface area contributed by atoms with Crippen LogP contribution in [0.4, 0.5) is 34.1 Å². The molecule has 9 aromatic carbocycles. The molecule has 2 nitrogen and oxygen atoms in total. The van der Waals surface area contributed by atoms with Gasteiger partial charge in [-0.2, -0.15) is 0 Å².